The van der Waals surface area contributed by atoms with Crippen LogP contribution in [-0.4, -0.2) is 19.4 Å². The molecular weight excluding hydrogens is 328 g/mol. The number of benzene rings is 2. The molecule has 2 aromatic rings. The Balaban J connectivity index is 1.92. The van der Waals surface area contributed by atoms with Crippen LogP contribution in [0.15, 0.2) is 41.3 Å². The highest BCUT2D eigenvalue weighted by Crippen LogP contribution is 2.28. The number of hydrogen-bond acceptors (Lipinski definition) is 4. The van der Waals surface area contributed by atoms with E-state index in [2.05, 4.69) is 10.0 Å². The average molecular weight is 339 g/mol. The van der Waals surface area contributed by atoms with Gasteiger partial charge in [0.05, 0.1) is 10.6 Å². The number of anilines is 1. The number of hydrogen-bond donors (Lipinski definition) is 3. The maximum atomic E-state index is 12.2. The zero-order valence-electron chi connectivity index (χ0n) is 11.1. The maximum absolute atomic E-state index is 12.2. The van der Waals surface area contributed by atoms with E-state index in [0.717, 1.165) is 0 Å². The largest absolute Gasteiger partial charge is 0.506 e. The van der Waals surface area contributed by atoms with Gasteiger partial charge in [-0.25, -0.2) is 13.1 Å². The Morgan fingerprint density at radius 2 is 2.00 bits per heavy atom. The Labute approximate surface area is 131 Å². The van der Waals surface area contributed by atoms with E-state index in [0.29, 0.717) is 10.6 Å². The highest BCUT2D eigenvalue weighted by molar-refractivity contribution is 7.89. The van der Waals surface area contributed by atoms with Crippen molar-refractivity contribution in [2.24, 2.45) is 0 Å². The maximum Gasteiger partial charge on any atom is 0.255 e. The minimum absolute atomic E-state index is 0.0930. The van der Waals surface area contributed by atoms with Gasteiger partial charge in [-0.05, 0) is 35.9 Å². The number of rotatable bonds is 2. The minimum Gasteiger partial charge on any atom is -0.506 e. The second-order valence-electron chi connectivity index (χ2n) is 4.76. The number of sulfonamides is 1. The van der Waals surface area contributed by atoms with Crippen molar-refractivity contribution < 1.29 is 18.3 Å². The minimum atomic E-state index is -3.55. The van der Waals surface area contributed by atoms with Crippen molar-refractivity contribution in [1.29, 1.82) is 0 Å². The van der Waals surface area contributed by atoms with Gasteiger partial charge < -0.3 is 10.4 Å². The van der Waals surface area contributed by atoms with E-state index in [4.69, 9.17) is 11.6 Å². The number of halogens is 1. The van der Waals surface area contributed by atoms with Crippen LogP contribution in [0, 0.1) is 0 Å². The number of amides is 1. The van der Waals surface area contributed by atoms with Gasteiger partial charge in [-0.1, -0.05) is 17.7 Å². The third-order valence-electron chi connectivity index (χ3n) is 3.28. The normalized spacial score (nSPS) is 15.3. The van der Waals surface area contributed by atoms with Gasteiger partial charge in [-0.2, -0.15) is 0 Å². The Kier molecular flexibility index (Phi) is 3.56. The molecule has 1 aliphatic heterocycles. The molecule has 0 aromatic heterocycles. The lowest BCUT2D eigenvalue weighted by molar-refractivity contribution is 0.102. The van der Waals surface area contributed by atoms with Crippen molar-refractivity contribution in [2.45, 2.75) is 11.4 Å². The van der Waals surface area contributed by atoms with Gasteiger partial charge in [0, 0.05) is 17.1 Å². The lowest BCUT2D eigenvalue weighted by atomic mass is 10.1. The highest BCUT2D eigenvalue weighted by atomic mass is 35.5. The van der Waals surface area contributed by atoms with Crippen LogP contribution in [0.2, 0.25) is 5.02 Å². The van der Waals surface area contributed by atoms with Crippen LogP contribution in [0.4, 0.5) is 5.69 Å². The van der Waals surface area contributed by atoms with Crippen molar-refractivity contribution >= 4 is 33.2 Å². The summed E-state index contributed by atoms with van der Waals surface area (Å²) in [7, 11) is -3.55. The van der Waals surface area contributed by atoms with Crippen molar-refractivity contribution in [3.05, 3.63) is 52.5 Å². The third kappa shape index (κ3) is 2.66. The summed E-state index contributed by atoms with van der Waals surface area (Å²) in [5.74, 6) is -0.671. The highest BCUT2D eigenvalue weighted by Gasteiger charge is 2.26. The number of nitrogens with one attached hydrogen (secondary N) is 2. The molecule has 1 amide bonds. The second kappa shape index (κ2) is 5.28. The first-order valence-electron chi connectivity index (χ1n) is 6.29. The fraction of sp³-hybridized carbons (Fsp3) is 0.0714. The molecule has 3 N–H and O–H groups in total. The van der Waals surface area contributed by atoms with Crippen LogP contribution in [0.5, 0.6) is 5.75 Å². The Bertz CT molecular complexity index is 880. The zero-order chi connectivity index (χ0) is 15.9. The van der Waals surface area contributed by atoms with Crippen molar-refractivity contribution in [3.8, 4) is 5.75 Å². The molecule has 0 aliphatic carbocycles. The second-order valence-corrected chi connectivity index (χ2v) is 6.93. The molecule has 0 atom stereocenters. The number of phenolic OH excluding ortho intramolecular Hbond substituents is 1. The van der Waals surface area contributed by atoms with Crippen molar-refractivity contribution in [3.63, 3.8) is 0 Å². The fourth-order valence-electron chi connectivity index (χ4n) is 2.15. The van der Waals surface area contributed by atoms with E-state index in [1.54, 1.807) is 6.07 Å². The zero-order valence-corrected chi connectivity index (χ0v) is 12.7. The number of carbonyl (C=O) groups is 1. The van der Waals surface area contributed by atoms with Crippen LogP contribution in [0.25, 0.3) is 0 Å². The van der Waals surface area contributed by atoms with Crippen LogP contribution in [0.3, 0.4) is 0 Å². The predicted molar refractivity (Wildman–Crippen MR) is 81.5 cm³/mol. The molecule has 3 rings (SSSR count). The SMILES string of the molecule is O=C(Nc1cc(Cl)ccc1O)c1ccc2c(c1)S(=O)(=O)NC2. The molecule has 22 heavy (non-hydrogen) atoms. The summed E-state index contributed by atoms with van der Waals surface area (Å²) in [5.41, 5.74) is 0.937. The summed E-state index contributed by atoms with van der Waals surface area (Å²) >= 11 is 5.81. The van der Waals surface area contributed by atoms with E-state index in [-0.39, 0.29) is 28.4 Å². The lowest BCUT2D eigenvalue weighted by Gasteiger charge is -2.08. The van der Waals surface area contributed by atoms with Gasteiger partial charge in [0.25, 0.3) is 5.91 Å². The molecule has 0 saturated carbocycles. The van der Waals surface area contributed by atoms with E-state index < -0.39 is 15.9 Å². The van der Waals surface area contributed by atoms with Gasteiger partial charge in [-0.15, -0.1) is 0 Å². The predicted octanol–water partition coefficient (Wildman–Crippen LogP) is 2.09. The van der Waals surface area contributed by atoms with Gasteiger partial charge in [0.1, 0.15) is 5.75 Å². The molecule has 0 radical (unpaired) electrons. The lowest BCUT2D eigenvalue weighted by Crippen LogP contribution is -2.15. The molecule has 0 spiro atoms. The van der Waals surface area contributed by atoms with Gasteiger partial charge in [-0.3, -0.25) is 4.79 Å². The average Bonchev–Trinajstić information content (AvgIpc) is 2.78. The topological polar surface area (TPSA) is 95.5 Å². The van der Waals surface area contributed by atoms with E-state index >= 15 is 0 Å². The van der Waals surface area contributed by atoms with Crippen molar-refractivity contribution in [1.82, 2.24) is 4.72 Å². The standard InChI is InChI=1S/C14H11ClN2O4S/c15-10-3-4-12(18)11(6-10)17-14(19)8-1-2-9-7-16-22(20,21)13(9)5-8/h1-6,16,18H,7H2,(H,17,19). The first-order chi connectivity index (χ1) is 10.4. The van der Waals surface area contributed by atoms with Gasteiger partial charge >= 0.3 is 0 Å². The Hall–Kier alpha value is -2.09. The van der Waals surface area contributed by atoms with E-state index in [9.17, 15) is 18.3 Å². The summed E-state index contributed by atoms with van der Waals surface area (Å²) < 4.78 is 25.9. The molecule has 8 heteroatoms. The summed E-state index contributed by atoms with van der Waals surface area (Å²) in [5, 5.41) is 12.5. The van der Waals surface area contributed by atoms with Gasteiger partial charge in [0.15, 0.2) is 0 Å². The molecule has 1 aliphatic rings. The number of phenols is 1. The summed E-state index contributed by atoms with van der Waals surface area (Å²) in [4.78, 5) is 12.3. The van der Waals surface area contributed by atoms with E-state index in [1.807, 2.05) is 0 Å². The number of carbonyl (C=O) groups excluding carboxylic acids is 1. The fourth-order valence-corrected chi connectivity index (χ4v) is 3.59. The molecular formula is C14H11ClN2O4S. The van der Waals surface area contributed by atoms with Crippen LogP contribution >= 0.6 is 11.6 Å². The Morgan fingerprint density at radius 3 is 2.77 bits per heavy atom. The molecule has 6 nitrogen and oxygen atoms in total. The summed E-state index contributed by atoms with van der Waals surface area (Å²) in [6, 6.07) is 8.66. The van der Waals surface area contributed by atoms with Crippen LogP contribution < -0.4 is 10.0 Å². The molecule has 1 heterocycles. The van der Waals surface area contributed by atoms with E-state index in [1.165, 1.54) is 30.3 Å². The van der Waals surface area contributed by atoms with Gasteiger partial charge in [0.2, 0.25) is 10.0 Å². The van der Waals surface area contributed by atoms with Crippen LogP contribution in [-0.2, 0) is 16.6 Å². The third-order valence-corrected chi connectivity index (χ3v) is 5.00. The monoisotopic (exact) mass is 338 g/mol. The molecule has 114 valence electrons. The molecule has 0 bridgehead atoms. The van der Waals surface area contributed by atoms with Crippen molar-refractivity contribution in [2.75, 3.05) is 5.32 Å². The molecule has 2 aromatic carbocycles. The molecule has 0 unspecified atom stereocenters. The first-order valence-corrected chi connectivity index (χ1v) is 8.15. The van der Waals surface area contributed by atoms with Crippen LogP contribution in [0.1, 0.15) is 15.9 Å². The number of fused-ring (bicyclic) bond motifs is 1. The summed E-state index contributed by atoms with van der Waals surface area (Å²) in [6.45, 7) is 0.217. The number of aromatic hydroxyl groups is 1. The Morgan fingerprint density at radius 1 is 1.23 bits per heavy atom. The first kappa shape index (κ1) is 14.8. The quantitative estimate of drug-likeness (QED) is 0.731. The molecule has 0 saturated heterocycles. The molecule has 0 fully saturated rings. The smallest absolute Gasteiger partial charge is 0.255 e. The summed E-state index contributed by atoms with van der Waals surface area (Å²) in [6.07, 6.45) is 0.